The van der Waals surface area contributed by atoms with Crippen LogP contribution < -0.4 is 9.64 Å². The molecule has 4 rings (SSSR count). The van der Waals surface area contributed by atoms with Gasteiger partial charge in [0.15, 0.2) is 6.10 Å². The van der Waals surface area contributed by atoms with Gasteiger partial charge in [-0.05, 0) is 62.1 Å². The maximum absolute atomic E-state index is 12.8. The first-order chi connectivity index (χ1) is 14.1. The fourth-order valence-electron chi connectivity index (χ4n) is 3.72. The maximum Gasteiger partial charge on any atom is 0.338 e. The number of rotatable bonds is 6. The van der Waals surface area contributed by atoms with Gasteiger partial charge < -0.3 is 19.1 Å². The van der Waals surface area contributed by atoms with Crippen LogP contribution in [-0.2, 0) is 20.7 Å². The van der Waals surface area contributed by atoms with Gasteiger partial charge in [0.2, 0.25) is 0 Å². The quantitative estimate of drug-likeness (QED) is 0.702. The fourth-order valence-corrected chi connectivity index (χ4v) is 3.72. The number of nitrogens with zero attached hydrogens (tertiary/aromatic N) is 1. The summed E-state index contributed by atoms with van der Waals surface area (Å²) in [7, 11) is 0. The fraction of sp³-hybridized carbons (Fsp3) is 0.391. The normalized spacial score (nSPS) is 18.9. The lowest BCUT2D eigenvalue weighted by Crippen LogP contribution is -2.39. The van der Waals surface area contributed by atoms with Gasteiger partial charge in [0.1, 0.15) is 12.4 Å². The van der Waals surface area contributed by atoms with Gasteiger partial charge in [-0.1, -0.05) is 18.2 Å². The zero-order valence-corrected chi connectivity index (χ0v) is 16.5. The molecule has 2 heterocycles. The lowest BCUT2D eigenvalue weighted by atomic mass is 10.2. The van der Waals surface area contributed by atoms with Crippen LogP contribution in [0.25, 0.3) is 0 Å². The van der Waals surface area contributed by atoms with Crippen molar-refractivity contribution in [2.24, 2.45) is 0 Å². The molecule has 2 aliphatic heterocycles. The molecule has 0 unspecified atom stereocenters. The predicted octanol–water partition coefficient (Wildman–Crippen LogP) is 3.38. The molecule has 2 aromatic rings. The number of carbonyl (C=O) groups is 2. The number of benzene rings is 2. The van der Waals surface area contributed by atoms with Gasteiger partial charge in [0.25, 0.3) is 5.91 Å². The molecule has 0 saturated carbocycles. The molecule has 152 valence electrons. The first kappa shape index (κ1) is 19.5. The molecule has 0 N–H and O–H groups in total. The van der Waals surface area contributed by atoms with E-state index in [4.69, 9.17) is 14.2 Å². The van der Waals surface area contributed by atoms with Crippen molar-refractivity contribution in [2.75, 3.05) is 24.7 Å². The van der Waals surface area contributed by atoms with E-state index in [2.05, 4.69) is 0 Å². The summed E-state index contributed by atoms with van der Waals surface area (Å²) in [5.74, 6) is -0.0568. The summed E-state index contributed by atoms with van der Waals surface area (Å²) < 4.78 is 16.7. The van der Waals surface area contributed by atoms with E-state index in [1.54, 1.807) is 36.1 Å². The van der Waals surface area contributed by atoms with E-state index in [0.29, 0.717) is 24.5 Å². The first-order valence-corrected chi connectivity index (χ1v) is 10.1. The number of ether oxygens (including phenoxy) is 3. The summed E-state index contributed by atoms with van der Waals surface area (Å²) in [6.07, 6.45) is 2.18. The standard InChI is InChI=1S/C23H25NO5/c1-16(22(25)24-13-12-17-5-2-3-7-21(17)24)29-23(26)18-8-10-19(11-9-18)28-15-20-6-4-14-27-20/h2-3,5,7-11,16,20H,4,6,12-15H2,1H3/t16-,20-/m1/s1. The minimum Gasteiger partial charge on any atom is -0.491 e. The van der Waals surface area contributed by atoms with Crippen molar-refractivity contribution in [2.45, 2.75) is 38.4 Å². The van der Waals surface area contributed by atoms with Gasteiger partial charge in [0.05, 0.1) is 11.7 Å². The number of carbonyl (C=O) groups excluding carboxylic acids is 2. The number of hydrogen-bond acceptors (Lipinski definition) is 5. The van der Waals surface area contributed by atoms with Crippen LogP contribution in [0.3, 0.4) is 0 Å². The summed E-state index contributed by atoms with van der Waals surface area (Å²) in [6, 6.07) is 14.6. The van der Waals surface area contributed by atoms with E-state index in [0.717, 1.165) is 37.1 Å². The molecular formula is C23H25NO5. The minimum atomic E-state index is -0.857. The van der Waals surface area contributed by atoms with Crippen molar-refractivity contribution in [3.05, 3.63) is 59.7 Å². The highest BCUT2D eigenvalue weighted by Gasteiger charge is 2.30. The van der Waals surface area contributed by atoms with Crippen molar-refractivity contribution >= 4 is 17.6 Å². The number of fused-ring (bicyclic) bond motifs is 1. The summed E-state index contributed by atoms with van der Waals surface area (Å²) in [5.41, 5.74) is 2.42. The molecule has 6 nitrogen and oxygen atoms in total. The Morgan fingerprint density at radius 3 is 2.72 bits per heavy atom. The molecule has 0 aromatic heterocycles. The van der Waals surface area contributed by atoms with Crippen LogP contribution in [0.4, 0.5) is 5.69 Å². The molecule has 0 aliphatic carbocycles. The average molecular weight is 395 g/mol. The average Bonchev–Trinajstić information content (AvgIpc) is 3.42. The highest BCUT2D eigenvalue weighted by Crippen LogP contribution is 2.28. The van der Waals surface area contributed by atoms with Crippen LogP contribution >= 0.6 is 0 Å². The Bertz CT molecular complexity index is 873. The number of anilines is 1. The molecular weight excluding hydrogens is 370 g/mol. The van der Waals surface area contributed by atoms with Crippen LogP contribution in [-0.4, -0.2) is 43.8 Å². The highest BCUT2D eigenvalue weighted by atomic mass is 16.5. The van der Waals surface area contributed by atoms with E-state index < -0.39 is 12.1 Å². The third-order valence-electron chi connectivity index (χ3n) is 5.33. The van der Waals surface area contributed by atoms with Crippen LogP contribution in [0, 0.1) is 0 Å². The number of hydrogen-bond donors (Lipinski definition) is 0. The Balaban J connectivity index is 1.32. The maximum atomic E-state index is 12.8. The van der Waals surface area contributed by atoms with Gasteiger partial charge in [-0.2, -0.15) is 0 Å². The lowest BCUT2D eigenvalue weighted by molar-refractivity contribution is -0.126. The largest absolute Gasteiger partial charge is 0.491 e. The van der Waals surface area contributed by atoms with Gasteiger partial charge in [-0.15, -0.1) is 0 Å². The summed E-state index contributed by atoms with van der Waals surface area (Å²) in [6.45, 7) is 3.52. The topological polar surface area (TPSA) is 65.1 Å². The predicted molar refractivity (Wildman–Crippen MR) is 108 cm³/mol. The first-order valence-electron chi connectivity index (χ1n) is 10.1. The van der Waals surface area contributed by atoms with Crippen LogP contribution in [0.15, 0.2) is 48.5 Å². The van der Waals surface area contributed by atoms with Crippen molar-refractivity contribution < 1.29 is 23.8 Å². The van der Waals surface area contributed by atoms with E-state index in [-0.39, 0.29) is 12.0 Å². The second-order valence-electron chi connectivity index (χ2n) is 7.39. The molecule has 2 atom stereocenters. The van der Waals surface area contributed by atoms with E-state index >= 15 is 0 Å². The van der Waals surface area contributed by atoms with Crippen molar-refractivity contribution in [1.82, 2.24) is 0 Å². The Morgan fingerprint density at radius 1 is 1.17 bits per heavy atom. The Morgan fingerprint density at radius 2 is 1.97 bits per heavy atom. The summed E-state index contributed by atoms with van der Waals surface area (Å²) >= 11 is 0. The van der Waals surface area contributed by atoms with Gasteiger partial charge in [0, 0.05) is 18.8 Å². The molecule has 6 heteroatoms. The highest BCUT2D eigenvalue weighted by molar-refractivity contribution is 6.00. The van der Waals surface area contributed by atoms with Gasteiger partial charge >= 0.3 is 5.97 Å². The summed E-state index contributed by atoms with van der Waals surface area (Å²) in [4.78, 5) is 26.9. The van der Waals surface area contributed by atoms with Crippen LogP contribution in [0.2, 0.25) is 0 Å². The third-order valence-corrected chi connectivity index (χ3v) is 5.33. The molecule has 1 amide bonds. The van der Waals surface area contributed by atoms with Crippen LogP contribution in [0.5, 0.6) is 5.75 Å². The van der Waals surface area contributed by atoms with Crippen molar-refractivity contribution in [3.8, 4) is 5.75 Å². The van der Waals surface area contributed by atoms with E-state index in [1.165, 1.54) is 0 Å². The molecule has 0 bridgehead atoms. The zero-order valence-electron chi connectivity index (χ0n) is 16.5. The lowest BCUT2D eigenvalue weighted by Gasteiger charge is -2.21. The monoisotopic (exact) mass is 395 g/mol. The second-order valence-corrected chi connectivity index (χ2v) is 7.39. The minimum absolute atomic E-state index is 0.141. The molecule has 1 fully saturated rings. The Kier molecular flexibility index (Phi) is 5.81. The van der Waals surface area contributed by atoms with E-state index in [9.17, 15) is 9.59 Å². The molecule has 1 saturated heterocycles. The number of amides is 1. The van der Waals surface area contributed by atoms with Crippen molar-refractivity contribution in [1.29, 1.82) is 0 Å². The molecule has 29 heavy (non-hydrogen) atoms. The molecule has 2 aromatic carbocycles. The van der Waals surface area contributed by atoms with E-state index in [1.807, 2.05) is 24.3 Å². The number of esters is 1. The van der Waals surface area contributed by atoms with Crippen LogP contribution in [0.1, 0.15) is 35.7 Å². The summed E-state index contributed by atoms with van der Waals surface area (Å²) in [5, 5.41) is 0. The number of para-hydroxylation sites is 1. The zero-order chi connectivity index (χ0) is 20.2. The molecule has 0 radical (unpaired) electrons. The molecule has 2 aliphatic rings. The third kappa shape index (κ3) is 4.43. The van der Waals surface area contributed by atoms with Gasteiger partial charge in [-0.3, -0.25) is 4.79 Å². The SMILES string of the molecule is C[C@@H](OC(=O)c1ccc(OC[C@H]2CCCO2)cc1)C(=O)N1CCc2ccccc21. The van der Waals surface area contributed by atoms with Gasteiger partial charge in [-0.25, -0.2) is 4.79 Å². The smallest absolute Gasteiger partial charge is 0.338 e. The Hall–Kier alpha value is -2.86. The second kappa shape index (κ2) is 8.66. The van der Waals surface area contributed by atoms with Crippen molar-refractivity contribution in [3.63, 3.8) is 0 Å². The Labute approximate surface area is 170 Å². The molecule has 0 spiro atoms.